The third-order valence-corrected chi connectivity index (χ3v) is 3.22. The SMILES string of the molecule is CC(=O)/C=C\[C@@](C#N)(CCc1ccccc1)C(=O)OC(C)(C)C. The summed E-state index contributed by atoms with van der Waals surface area (Å²) in [6, 6.07) is 11.6. The maximum Gasteiger partial charge on any atom is 0.331 e. The Morgan fingerprint density at radius 3 is 2.30 bits per heavy atom. The number of ketones is 1. The van der Waals surface area contributed by atoms with Crippen molar-refractivity contribution in [1.82, 2.24) is 0 Å². The average Bonchev–Trinajstić information content (AvgIpc) is 2.47. The monoisotopic (exact) mass is 313 g/mol. The fourth-order valence-electron chi connectivity index (χ4n) is 2.01. The number of esters is 1. The second-order valence-corrected chi connectivity index (χ2v) is 6.51. The lowest BCUT2D eigenvalue weighted by Gasteiger charge is -2.27. The van der Waals surface area contributed by atoms with Gasteiger partial charge >= 0.3 is 5.97 Å². The quantitative estimate of drug-likeness (QED) is 0.594. The zero-order valence-electron chi connectivity index (χ0n) is 14.1. The van der Waals surface area contributed by atoms with Crippen LogP contribution in [-0.2, 0) is 20.7 Å². The van der Waals surface area contributed by atoms with Gasteiger partial charge < -0.3 is 4.74 Å². The molecule has 0 amide bonds. The molecule has 0 aromatic heterocycles. The van der Waals surface area contributed by atoms with Crippen LogP contribution in [0.3, 0.4) is 0 Å². The predicted octanol–water partition coefficient (Wildman–Crippen LogP) is 3.62. The molecule has 122 valence electrons. The van der Waals surface area contributed by atoms with Crippen LogP contribution in [0.2, 0.25) is 0 Å². The van der Waals surface area contributed by atoms with Gasteiger partial charge in [-0.3, -0.25) is 4.79 Å². The molecule has 1 atom stereocenters. The minimum atomic E-state index is -1.46. The van der Waals surface area contributed by atoms with E-state index in [2.05, 4.69) is 0 Å². The Morgan fingerprint density at radius 1 is 1.22 bits per heavy atom. The molecule has 4 heteroatoms. The standard InChI is InChI=1S/C19H23NO3/c1-15(21)10-12-19(14-20,17(22)23-18(2,3)4)13-11-16-8-6-5-7-9-16/h5-10,12H,11,13H2,1-4H3/b12-10-/t19-/m0/s1. The first-order chi connectivity index (χ1) is 10.7. The number of allylic oxidation sites excluding steroid dienone is 1. The number of benzene rings is 1. The molecule has 0 aliphatic rings. The minimum absolute atomic E-state index is 0.215. The van der Waals surface area contributed by atoms with Gasteiger partial charge in [-0.25, -0.2) is 4.79 Å². The van der Waals surface area contributed by atoms with Crippen molar-refractivity contribution in [3.8, 4) is 6.07 Å². The minimum Gasteiger partial charge on any atom is -0.459 e. The summed E-state index contributed by atoms with van der Waals surface area (Å²) in [5.74, 6) is -0.839. The Kier molecular flexibility index (Phi) is 6.27. The first-order valence-corrected chi connectivity index (χ1v) is 7.57. The third kappa shape index (κ3) is 6.07. The zero-order valence-corrected chi connectivity index (χ0v) is 14.1. The average molecular weight is 313 g/mol. The molecule has 0 aliphatic heterocycles. The van der Waals surface area contributed by atoms with Crippen LogP contribution >= 0.6 is 0 Å². The number of hydrogen-bond acceptors (Lipinski definition) is 4. The van der Waals surface area contributed by atoms with Gasteiger partial charge in [-0.05, 0) is 58.3 Å². The van der Waals surface area contributed by atoms with E-state index in [1.807, 2.05) is 36.4 Å². The first-order valence-electron chi connectivity index (χ1n) is 7.57. The van der Waals surface area contributed by atoms with Gasteiger partial charge in [0.05, 0.1) is 6.07 Å². The molecule has 0 saturated heterocycles. The Labute approximate surface area is 137 Å². The summed E-state index contributed by atoms with van der Waals surface area (Å²) in [4.78, 5) is 23.8. The number of hydrogen-bond donors (Lipinski definition) is 0. The van der Waals surface area contributed by atoms with Crippen molar-refractivity contribution in [3.63, 3.8) is 0 Å². The van der Waals surface area contributed by atoms with E-state index in [0.717, 1.165) is 5.56 Å². The van der Waals surface area contributed by atoms with Crippen molar-refractivity contribution in [2.45, 2.75) is 46.1 Å². The summed E-state index contributed by atoms with van der Waals surface area (Å²) in [6.45, 7) is 6.63. The maximum absolute atomic E-state index is 12.5. The number of rotatable bonds is 6. The summed E-state index contributed by atoms with van der Waals surface area (Å²) >= 11 is 0. The van der Waals surface area contributed by atoms with Crippen LogP contribution in [0.1, 0.15) is 39.7 Å². The molecule has 23 heavy (non-hydrogen) atoms. The van der Waals surface area contributed by atoms with Gasteiger partial charge in [0.15, 0.2) is 11.2 Å². The van der Waals surface area contributed by atoms with Crippen LogP contribution in [0.25, 0.3) is 0 Å². The number of aryl methyl sites for hydroxylation is 1. The second kappa shape index (κ2) is 7.73. The van der Waals surface area contributed by atoms with E-state index in [-0.39, 0.29) is 12.2 Å². The highest BCUT2D eigenvalue weighted by atomic mass is 16.6. The van der Waals surface area contributed by atoms with Crippen LogP contribution in [0.4, 0.5) is 0 Å². The lowest BCUT2D eigenvalue weighted by molar-refractivity contribution is -0.161. The molecule has 0 fully saturated rings. The van der Waals surface area contributed by atoms with Gasteiger partial charge in [0, 0.05) is 0 Å². The van der Waals surface area contributed by atoms with Gasteiger partial charge in [0.2, 0.25) is 0 Å². The van der Waals surface area contributed by atoms with Gasteiger partial charge in [0.1, 0.15) is 5.60 Å². The molecule has 0 spiro atoms. The molecule has 1 rings (SSSR count). The molecule has 0 unspecified atom stereocenters. The summed E-state index contributed by atoms with van der Waals surface area (Å²) in [7, 11) is 0. The van der Waals surface area contributed by atoms with E-state index >= 15 is 0 Å². The summed E-state index contributed by atoms with van der Waals surface area (Å²) in [5.41, 5.74) is -1.14. The number of carbonyl (C=O) groups excluding carboxylic acids is 2. The van der Waals surface area contributed by atoms with E-state index in [4.69, 9.17) is 4.74 Å². The fraction of sp³-hybridized carbons (Fsp3) is 0.421. The third-order valence-electron chi connectivity index (χ3n) is 3.22. The molecule has 0 aliphatic carbocycles. The molecule has 0 heterocycles. The smallest absolute Gasteiger partial charge is 0.331 e. The molecule has 4 nitrogen and oxygen atoms in total. The Bertz CT molecular complexity index is 620. The highest BCUT2D eigenvalue weighted by molar-refractivity contribution is 5.90. The Morgan fingerprint density at radius 2 is 1.83 bits per heavy atom. The molecule has 0 N–H and O–H groups in total. The Hall–Kier alpha value is -2.41. The van der Waals surface area contributed by atoms with Crippen molar-refractivity contribution in [2.75, 3.05) is 0 Å². The number of ether oxygens (including phenoxy) is 1. The van der Waals surface area contributed by atoms with E-state index in [0.29, 0.717) is 6.42 Å². The maximum atomic E-state index is 12.5. The van der Waals surface area contributed by atoms with Crippen LogP contribution in [-0.4, -0.2) is 17.4 Å². The van der Waals surface area contributed by atoms with Crippen molar-refractivity contribution >= 4 is 11.8 Å². The molecular weight excluding hydrogens is 290 g/mol. The summed E-state index contributed by atoms with van der Waals surface area (Å²) < 4.78 is 5.39. The summed E-state index contributed by atoms with van der Waals surface area (Å²) in [6.07, 6.45) is 3.42. The summed E-state index contributed by atoms with van der Waals surface area (Å²) in [5, 5.41) is 9.62. The van der Waals surface area contributed by atoms with Crippen molar-refractivity contribution in [1.29, 1.82) is 5.26 Å². The zero-order chi connectivity index (χ0) is 17.5. The first kappa shape index (κ1) is 18.6. The van der Waals surface area contributed by atoms with E-state index in [1.165, 1.54) is 19.1 Å². The van der Waals surface area contributed by atoms with Gasteiger partial charge in [-0.1, -0.05) is 30.3 Å². The van der Waals surface area contributed by atoms with Crippen molar-refractivity contribution in [2.24, 2.45) is 5.41 Å². The molecule has 0 radical (unpaired) electrons. The molecule has 1 aromatic rings. The molecule has 0 saturated carbocycles. The largest absolute Gasteiger partial charge is 0.459 e. The molecular formula is C19H23NO3. The highest BCUT2D eigenvalue weighted by Crippen LogP contribution is 2.29. The van der Waals surface area contributed by atoms with Gasteiger partial charge in [-0.2, -0.15) is 5.26 Å². The normalized spacial score (nSPS) is 14.0. The predicted molar refractivity (Wildman–Crippen MR) is 88.5 cm³/mol. The lowest BCUT2D eigenvalue weighted by atomic mass is 9.82. The van der Waals surface area contributed by atoms with Crippen molar-refractivity contribution in [3.05, 3.63) is 48.0 Å². The van der Waals surface area contributed by atoms with E-state index in [9.17, 15) is 14.9 Å². The van der Waals surface area contributed by atoms with Gasteiger partial charge in [0.25, 0.3) is 0 Å². The van der Waals surface area contributed by atoms with Crippen LogP contribution in [0.5, 0.6) is 0 Å². The van der Waals surface area contributed by atoms with Crippen LogP contribution < -0.4 is 0 Å². The number of nitriles is 1. The number of carbonyl (C=O) groups is 2. The van der Waals surface area contributed by atoms with Gasteiger partial charge in [-0.15, -0.1) is 0 Å². The highest BCUT2D eigenvalue weighted by Gasteiger charge is 2.39. The second-order valence-electron chi connectivity index (χ2n) is 6.51. The molecule has 1 aromatic carbocycles. The van der Waals surface area contributed by atoms with E-state index < -0.39 is 17.0 Å². The fourth-order valence-corrected chi connectivity index (χ4v) is 2.01. The molecule has 0 bridgehead atoms. The number of nitrogens with zero attached hydrogens (tertiary/aromatic N) is 1. The Balaban J connectivity index is 3.06. The van der Waals surface area contributed by atoms with Crippen molar-refractivity contribution < 1.29 is 14.3 Å². The van der Waals surface area contributed by atoms with E-state index in [1.54, 1.807) is 20.8 Å². The topological polar surface area (TPSA) is 67.2 Å². The van der Waals surface area contributed by atoms with Crippen LogP contribution in [0.15, 0.2) is 42.5 Å². The lowest BCUT2D eigenvalue weighted by Crippen LogP contribution is -2.36. The van der Waals surface area contributed by atoms with Crippen LogP contribution in [0, 0.1) is 16.7 Å².